The smallest absolute Gasteiger partial charge is 0.0648 e. The molecule has 3 nitrogen and oxygen atoms in total. The van der Waals surface area contributed by atoms with Crippen molar-refractivity contribution >= 4 is 0 Å². The molecule has 0 aliphatic heterocycles. The highest BCUT2D eigenvalue weighted by atomic mass is 15.3. The van der Waals surface area contributed by atoms with E-state index >= 15 is 0 Å². The molecule has 0 unspecified atom stereocenters. The van der Waals surface area contributed by atoms with Gasteiger partial charge in [-0.05, 0) is 50.9 Å². The van der Waals surface area contributed by atoms with Crippen LogP contribution in [0.5, 0.6) is 0 Å². The molecular formula is C14H19N3. The molecule has 2 aromatic rings. The zero-order chi connectivity index (χ0) is 12.3. The number of hydrogen-bond acceptors (Lipinski definition) is 2. The summed E-state index contributed by atoms with van der Waals surface area (Å²) in [4.78, 5) is 0. The topological polar surface area (TPSA) is 43.8 Å². The summed E-state index contributed by atoms with van der Waals surface area (Å²) in [6, 6.07) is 10.2. The van der Waals surface area contributed by atoms with Gasteiger partial charge < -0.3 is 5.73 Å². The monoisotopic (exact) mass is 229 g/mol. The van der Waals surface area contributed by atoms with E-state index < -0.39 is 0 Å². The van der Waals surface area contributed by atoms with Crippen LogP contribution in [0.1, 0.15) is 23.4 Å². The Kier molecular flexibility index (Phi) is 3.59. The third kappa shape index (κ3) is 2.39. The molecular weight excluding hydrogens is 210 g/mol. The van der Waals surface area contributed by atoms with Gasteiger partial charge in [0.25, 0.3) is 0 Å². The van der Waals surface area contributed by atoms with E-state index in [1.165, 1.54) is 11.3 Å². The molecule has 3 heteroatoms. The molecule has 0 spiro atoms. The zero-order valence-corrected chi connectivity index (χ0v) is 10.5. The second kappa shape index (κ2) is 5.15. The molecule has 0 saturated carbocycles. The molecule has 1 aromatic carbocycles. The van der Waals surface area contributed by atoms with Crippen LogP contribution in [0, 0.1) is 13.8 Å². The third-order valence-corrected chi connectivity index (χ3v) is 3.07. The maximum atomic E-state index is 5.57. The maximum Gasteiger partial charge on any atom is 0.0648 e. The lowest BCUT2D eigenvalue weighted by molar-refractivity contribution is 0.815. The minimum Gasteiger partial charge on any atom is -0.330 e. The fourth-order valence-electron chi connectivity index (χ4n) is 2.14. The van der Waals surface area contributed by atoms with E-state index in [2.05, 4.69) is 31.1 Å². The van der Waals surface area contributed by atoms with Crippen molar-refractivity contribution in [3.8, 4) is 5.69 Å². The first-order chi connectivity index (χ1) is 8.24. The standard InChI is InChI=1S/C14H19N3/c1-11-14(9-6-10-15)12(2)17(16-11)13-7-4-3-5-8-13/h3-5,7-8H,6,9-10,15H2,1-2H3. The largest absolute Gasteiger partial charge is 0.330 e. The molecule has 0 amide bonds. The van der Waals surface area contributed by atoms with Crippen LogP contribution in [-0.2, 0) is 6.42 Å². The fraction of sp³-hybridized carbons (Fsp3) is 0.357. The van der Waals surface area contributed by atoms with Crippen molar-refractivity contribution in [1.82, 2.24) is 9.78 Å². The van der Waals surface area contributed by atoms with Crippen LogP contribution in [0.3, 0.4) is 0 Å². The molecule has 0 radical (unpaired) electrons. The number of aromatic nitrogens is 2. The SMILES string of the molecule is Cc1nn(-c2ccccc2)c(C)c1CCCN. The molecule has 1 heterocycles. The lowest BCUT2D eigenvalue weighted by Gasteiger charge is -2.04. The zero-order valence-electron chi connectivity index (χ0n) is 10.5. The van der Waals surface area contributed by atoms with Gasteiger partial charge in [0, 0.05) is 5.69 Å². The van der Waals surface area contributed by atoms with Crippen LogP contribution < -0.4 is 5.73 Å². The number of nitrogens with two attached hydrogens (primary N) is 1. The van der Waals surface area contributed by atoms with Crippen molar-refractivity contribution in [2.24, 2.45) is 5.73 Å². The van der Waals surface area contributed by atoms with Gasteiger partial charge in [0.2, 0.25) is 0 Å². The van der Waals surface area contributed by atoms with Crippen molar-refractivity contribution in [3.63, 3.8) is 0 Å². The number of aryl methyl sites for hydroxylation is 1. The number of rotatable bonds is 4. The normalized spacial score (nSPS) is 10.8. The quantitative estimate of drug-likeness (QED) is 0.874. The molecule has 90 valence electrons. The van der Waals surface area contributed by atoms with E-state index in [1.807, 2.05) is 22.9 Å². The molecule has 0 aliphatic rings. The van der Waals surface area contributed by atoms with Crippen LogP contribution in [0.4, 0.5) is 0 Å². The molecule has 0 saturated heterocycles. The van der Waals surface area contributed by atoms with Gasteiger partial charge in [0.15, 0.2) is 0 Å². The number of benzene rings is 1. The summed E-state index contributed by atoms with van der Waals surface area (Å²) >= 11 is 0. The Balaban J connectivity index is 2.37. The van der Waals surface area contributed by atoms with Gasteiger partial charge in [-0.25, -0.2) is 4.68 Å². The molecule has 0 fully saturated rings. The van der Waals surface area contributed by atoms with E-state index in [9.17, 15) is 0 Å². The van der Waals surface area contributed by atoms with Crippen molar-refractivity contribution in [2.45, 2.75) is 26.7 Å². The summed E-state index contributed by atoms with van der Waals surface area (Å²) in [5, 5.41) is 4.61. The van der Waals surface area contributed by atoms with E-state index in [0.717, 1.165) is 30.8 Å². The Bertz CT molecular complexity index is 486. The highest BCUT2D eigenvalue weighted by molar-refractivity contribution is 5.36. The van der Waals surface area contributed by atoms with Gasteiger partial charge in [0.05, 0.1) is 11.4 Å². The Morgan fingerprint density at radius 2 is 1.88 bits per heavy atom. The first-order valence-electron chi connectivity index (χ1n) is 6.04. The van der Waals surface area contributed by atoms with Crippen LogP contribution in [0.2, 0.25) is 0 Å². The van der Waals surface area contributed by atoms with E-state index in [4.69, 9.17) is 5.73 Å². The Labute approximate surface area is 102 Å². The summed E-state index contributed by atoms with van der Waals surface area (Å²) in [5.41, 5.74) is 10.4. The van der Waals surface area contributed by atoms with Crippen LogP contribution in [0.15, 0.2) is 30.3 Å². The predicted octanol–water partition coefficient (Wildman–Crippen LogP) is 2.38. The van der Waals surface area contributed by atoms with Crippen molar-refractivity contribution in [3.05, 3.63) is 47.3 Å². The highest BCUT2D eigenvalue weighted by Crippen LogP contribution is 2.18. The second-order valence-electron chi connectivity index (χ2n) is 4.29. The van der Waals surface area contributed by atoms with Crippen LogP contribution in [-0.4, -0.2) is 16.3 Å². The van der Waals surface area contributed by atoms with E-state index in [-0.39, 0.29) is 0 Å². The summed E-state index contributed by atoms with van der Waals surface area (Å²) < 4.78 is 2.02. The summed E-state index contributed by atoms with van der Waals surface area (Å²) in [7, 11) is 0. The minimum atomic E-state index is 0.732. The summed E-state index contributed by atoms with van der Waals surface area (Å²) in [6.45, 7) is 4.92. The number of hydrogen-bond donors (Lipinski definition) is 1. The third-order valence-electron chi connectivity index (χ3n) is 3.07. The van der Waals surface area contributed by atoms with Crippen molar-refractivity contribution in [1.29, 1.82) is 0 Å². The Morgan fingerprint density at radius 3 is 2.53 bits per heavy atom. The molecule has 1 aromatic heterocycles. The van der Waals surface area contributed by atoms with E-state index in [0.29, 0.717) is 0 Å². The average molecular weight is 229 g/mol. The van der Waals surface area contributed by atoms with Gasteiger partial charge in [-0.1, -0.05) is 18.2 Å². The predicted molar refractivity (Wildman–Crippen MR) is 70.4 cm³/mol. The van der Waals surface area contributed by atoms with Gasteiger partial charge in [-0.3, -0.25) is 0 Å². The van der Waals surface area contributed by atoms with Crippen LogP contribution >= 0.6 is 0 Å². The molecule has 2 rings (SSSR count). The first kappa shape index (κ1) is 11.9. The molecule has 0 atom stereocenters. The fourth-order valence-corrected chi connectivity index (χ4v) is 2.14. The Hall–Kier alpha value is -1.61. The van der Waals surface area contributed by atoms with Crippen molar-refractivity contribution in [2.75, 3.05) is 6.54 Å². The lowest BCUT2D eigenvalue weighted by atomic mass is 10.1. The molecule has 17 heavy (non-hydrogen) atoms. The minimum absolute atomic E-state index is 0.732. The van der Waals surface area contributed by atoms with Gasteiger partial charge in [-0.2, -0.15) is 5.10 Å². The Morgan fingerprint density at radius 1 is 1.18 bits per heavy atom. The van der Waals surface area contributed by atoms with Gasteiger partial charge >= 0.3 is 0 Å². The van der Waals surface area contributed by atoms with Gasteiger partial charge in [0.1, 0.15) is 0 Å². The number of para-hydroxylation sites is 1. The lowest BCUT2D eigenvalue weighted by Crippen LogP contribution is -2.02. The summed E-state index contributed by atoms with van der Waals surface area (Å²) in [5.74, 6) is 0. The molecule has 0 aliphatic carbocycles. The van der Waals surface area contributed by atoms with E-state index in [1.54, 1.807) is 0 Å². The highest BCUT2D eigenvalue weighted by Gasteiger charge is 2.11. The van der Waals surface area contributed by atoms with Crippen molar-refractivity contribution < 1.29 is 0 Å². The van der Waals surface area contributed by atoms with Crippen LogP contribution in [0.25, 0.3) is 5.69 Å². The van der Waals surface area contributed by atoms with Gasteiger partial charge in [-0.15, -0.1) is 0 Å². The first-order valence-corrected chi connectivity index (χ1v) is 6.04. The second-order valence-corrected chi connectivity index (χ2v) is 4.29. The number of nitrogens with zero attached hydrogens (tertiary/aromatic N) is 2. The summed E-state index contributed by atoms with van der Waals surface area (Å²) in [6.07, 6.45) is 2.03. The maximum absolute atomic E-state index is 5.57. The molecule has 0 bridgehead atoms. The molecule has 2 N–H and O–H groups in total. The average Bonchev–Trinajstić information content (AvgIpc) is 2.64.